The van der Waals surface area contributed by atoms with Gasteiger partial charge in [0, 0.05) is 52.4 Å². The van der Waals surface area contributed by atoms with E-state index in [2.05, 4.69) is 0 Å². The predicted molar refractivity (Wildman–Crippen MR) is 214 cm³/mol. The van der Waals surface area contributed by atoms with Crippen LogP contribution in [0.1, 0.15) is 66.7 Å². The Bertz CT molecular complexity index is 2890. The first-order chi connectivity index (χ1) is 30.7. The van der Waals surface area contributed by atoms with E-state index >= 15 is 0 Å². The summed E-state index contributed by atoms with van der Waals surface area (Å²) in [4.78, 5) is 27.5. The van der Waals surface area contributed by atoms with Gasteiger partial charge in [-0.05, 0) is 48.5 Å². The highest BCUT2D eigenvalue weighted by Crippen LogP contribution is 2.58. The number of rotatable bonds is 7. The van der Waals surface area contributed by atoms with Crippen molar-refractivity contribution in [2.24, 2.45) is 0 Å². The molecule has 2 aliphatic rings. The van der Waals surface area contributed by atoms with Crippen LogP contribution >= 0.6 is 0 Å². The average molecular weight is 899 g/mol. The summed E-state index contributed by atoms with van der Waals surface area (Å²) in [6.07, 6.45) is -7.20. The third-order valence-corrected chi connectivity index (χ3v) is 10.8. The molecule has 65 heavy (non-hydrogen) atoms. The van der Waals surface area contributed by atoms with E-state index in [0.717, 1.165) is 54.6 Å². The zero-order chi connectivity index (χ0) is 46.9. The molecule has 8 rings (SSSR count). The maximum Gasteiger partial charge on any atom is 0.338 e. The minimum atomic E-state index is -1.97. The van der Waals surface area contributed by atoms with Crippen LogP contribution in [0, 0.1) is 0 Å². The molecule has 0 aliphatic carbocycles. The molecule has 0 unspecified atom stereocenters. The molecule has 5 atom stereocenters. The van der Waals surface area contributed by atoms with E-state index in [1.807, 2.05) is 0 Å². The maximum absolute atomic E-state index is 14.0. The Balaban J connectivity index is 1.31. The zero-order valence-corrected chi connectivity index (χ0v) is 32.7. The van der Waals surface area contributed by atoms with Crippen LogP contribution in [0.15, 0.2) is 72.8 Å². The number of phenols is 15. The molecule has 0 saturated carbocycles. The second kappa shape index (κ2) is 15.6. The monoisotopic (exact) mass is 898 g/mol. The molecular formula is C44H34O21. The summed E-state index contributed by atoms with van der Waals surface area (Å²) in [6.45, 7) is 0. The number of esters is 2. The second-order valence-electron chi connectivity index (χ2n) is 15.0. The zero-order valence-electron chi connectivity index (χ0n) is 32.7. The van der Waals surface area contributed by atoms with Crippen molar-refractivity contribution in [3.8, 4) is 97.7 Å². The van der Waals surface area contributed by atoms with Crippen molar-refractivity contribution >= 4 is 11.9 Å². The molecule has 0 radical (unpaired) electrons. The van der Waals surface area contributed by atoms with Crippen molar-refractivity contribution in [3.05, 3.63) is 112 Å². The van der Waals surface area contributed by atoms with Gasteiger partial charge in [0.1, 0.15) is 40.6 Å². The number of benzene rings is 6. The van der Waals surface area contributed by atoms with Crippen molar-refractivity contribution < 1.29 is 105 Å². The van der Waals surface area contributed by atoms with Crippen molar-refractivity contribution in [1.29, 1.82) is 0 Å². The van der Waals surface area contributed by atoms with Gasteiger partial charge in [0.15, 0.2) is 81.6 Å². The highest BCUT2D eigenvalue weighted by Gasteiger charge is 2.49. The quantitative estimate of drug-likeness (QED) is 0.0764. The molecule has 6 aromatic rings. The van der Waals surface area contributed by atoms with Crippen LogP contribution in [0.4, 0.5) is 0 Å². The second-order valence-corrected chi connectivity index (χ2v) is 15.0. The highest BCUT2D eigenvalue weighted by molar-refractivity contribution is 5.92. The number of fused-ring (bicyclic) bond motifs is 2. The Hall–Kier alpha value is -9.14. The van der Waals surface area contributed by atoms with Crippen molar-refractivity contribution in [2.75, 3.05) is 0 Å². The standard InChI is InChI=1S/C44H34O21/c45-18-10-22(48)33-31(11-18)63-41(15-4-24(50)37(57)25(51)5-15)42(65-44(61)17-8-28(54)39(59)29(55)9-17)35(33)34-23(49)13-30-19(36(34)56)12-32(40(62-30)14-1-2-20(46)21(47)3-14)64-43(60)16-6-26(52)38(58)27(53)7-16/h1-11,13,32,35,40-42,45-59H,12H2/t32-,35-,40-,41-,42-/m1/s1. The SMILES string of the molecule is O=C(O[C@@H]1[C@@H](c2c(O)cc3c(c2O)C[C@@H](OC(=O)c2cc(O)c(O)c(O)c2)[C@@H](c2ccc(O)c(O)c2)O3)c2c(O)cc(O)cc2O[C@@H]1c1cc(O)c(O)c(O)c1)c1cc(O)c(O)c(O)c1. The molecule has 15 N–H and O–H groups in total. The van der Waals surface area contributed by atoms with Crippen molar-refractivity contribution in [3.63, 3.8) is 0 Å². The van der Waals surface area contributed by atoms with Crippen LogP contribution in [-0.2, 0) is 15.9 Å². The molecule has 0 spiro atoms. The van der Waals surface area contributed by atoms with Crippen LogP contribution in [0.5, 0.6) is 97.7 Å². The normalized spacial score (nSPS) is 18.6. The van der Waals surface area contributed by atoms with Gasteiger partial charge in [-0.25, -0.2) is 9.59 Å². The summed E-state index contributed by atoms with van der Waals surface area (Å²) < 4.78 is 24.0. The molecule has 21 nitrogen and oxygen atoms in total. The molecule has 0 bridgehead atoms. The van der Waals surface area contributed by atoms with Gasteiger partial charge >= 0.3 is 11.9 Å². The van der Waals surface area contributed by atoms with Crippen LogP contribution < -0.4 is 9.47 Å². The Morgan fingerprint density at radius 2 is 0.938 bits per heavy atom. The molecule has 0 amide bonds. The number of ether oxygens (including phenoxy) is 4. The van der Waals surface area contributed by atoms with Crippen molar-refractivity contribution in [2.45, 2.75) is 36.8 Å². The molecule has 0 saturated heterocycles. The number of hydrogen-bond donors (Lipinski definition) is 15. The summed E-state index contributed by atoms with van der Waals surface area (Å²) in [5.74, 6) is -17.7. The smallest absolute Gasteiger partial charge is 0.338 e. The van der Waals surface area contributed by atoms with Gasteiger partial charge in [-0.1, -0.05) is 6.07 Å². The molecule has 2 heterocycles. The molecule has 21 heteroatoms. The first-order valence-electron chi connectivity index (χ1n) is 18.9. The van der Waals surface area contributed by atoms with Crippen LogP contribution in [-0.4, -0.2) is 101 Å². The number of aromatic hydroxyl groups is 15. The van der Waals surface area contributed by atoms with Gasteiger partial charge in [-0.3, -0.25) is 0 Å². The summed E-state index contributed by atoms with van der Waals surface area (Å²) in [5, 5.41) is 158. The van der Waals surface area contributed by atoms with E-state index < -0.39 is 152 Å². The number of phenolic OH excluding ortho intramolecular Hbond substituents is 15. The lowest BCUT2D eigenvalue weighted by Gasteiger charge is -2.41. The third-order valence-electron chi connectivity index (χ3n) is 10.8. The van der Waals surface area contributed by atoms with Gasteiger partial charge in [0.25, 0.3) is 0 Å². The molecule has 6 aromatic carbocycles. The minimum Gasteiger partial charge on any atom is -0.508 e. The fraction of sp³-hybridized carbons (Fsp3) is 0.136. The summed E-state index contributed by atoms with van der Waals surface area (Å²) in [7, 11) is 0. The first-order valence-corrected chi connectivity index (χ1v) is 18.9. The molecular weight excluding hydrogens is 864 g/mol. The Morgan fingerprint density at radius 1 is 0.446 bits per heavy atom. The van der Waals surface area contributed by atoms with E-state index in [1.54, 1.807) is 0 Å². The lowest BCUT2D eigenvalue weighted by Crippen LogP contribution is -2.39. The third kappa shape index (κ3) is 7.41. The van der Waals surface area contributed by atoms with E-state index in [4.69, 9.17) is 18.9 Å². The number of hydrogen-bond acceptors (Lipinski definition) is 21. The van der Waals surface area contributed by atoms with Gasteiger partial charge in [0.2, 0.25) is 0 Å². The van der Waals surface area contributed by atoms with Crippen LogP contribution in [0.3, 0.4) is 0 Å². The summed E-state index contributed by atoms with van der Waals surface area (Å²) >= 11 is 0. The predicted octanol–water partition coefficient (Wildman–Crippen LogP) is 4.66. The van der Waals surface area contributed by atoms with Gasteiger partial charge in [-0.2, -0.15) is 0 Å². The summed E-state index contributed by atoms with van der Waals surface area (Å²) in [6, 6.07) is 11.0. The largest absolute Gasteiger partial charge is 0.508 e. The minimum absolute atomic E-state index is 0.0767. The number of carbonyl (C=O) groups is 2. The van der Waals surface area contributed by atoms with Crippen molar-refractivity contribution in [1.82, 2.24) is 0 Å². The van der Waals surface area contributed by atoms with Gasteiger partial charge in [-0.15, -0.1) is 0 Å². The topological polar surface area (TPSA) is 375 Å². The Kier molecular flexibility index (Phi) is 10.2. The van der Waals surface area contributed by atoms with E-state index in [9.17, 15) is 86.2 Å². The molecule has 0 aromatic heterocycles. The summed E-state index contributed by atoms with van der Waals surface area (Å²) in [5.41, 5.74) is -2.41. The molecule has 336 valence electrons. The van der Waals surface area contributed by atoms with Gasteiger partial charge < -0.3 is 95.5 Å². The Labute approximate surface area is 362 Å². The van der Waals surface area contributed by atoms with E-state index in [-0.39, 0.29) is 33.8 Å². The van der Waals surface area contributed by atoms with E-state index in [1.165, 1.54) is 6.07 Å². The Morgan fingerprint density at radius 3 is 1.49 bits per heavy atom. The van der Waals surface area contributed by atoms with E-state index in [0.29, 0.717) is 12.1 Å². The molecule has 2 aliphatic heterocycles. The maximum atomic E-state index is 14.0. The van der Waals surface area contributed by atoms with Crippen LogP contribution in [0.2, 0.25) is 0 Å². The fourth-order valence-corrected chi connectivity index (χ4v) is 7.80. The highest BCUT2D eigenvalue weighted by atomic mass is 16.6. The lowest BCUT2D eigenvalue weighted by molar-refractivity contribution is -0.0277. The fourth-order valence-electron chi connectivity index (χ4n) is 7.80. The first kappa shape index (κ1) is 42.5. The lowest BCUT2D eigenvalue weighted by atomic mass is 9.77. The number of carbonyl (C=O) groups excluding carboxylic acids is 2. The average Bonchev–Trinajstić information content (AvgIpc) is 3.24. The van der Waals surface area contributed by atoms with Gasteiger partial charge in [0.05, 0.1) is 17.0 Å². The molecule has 0 fully saturated rings. The van der Waals surface area contributed by atoms with Crippen LogP contribution in [0.25, 0.3) is 0 Å².